The Kier molecular flexibility index (Phi) is 4.85. The van der Waals surface area contributed by atoms with Gasteiger partial charge in [-0.15, -0.1) is 0 Å². The van der Waals surface area contributed by atoms with E-state index in [1.54, 1.807) is 37.6 Å². The number of halogens is 1. The van der Waals surface area contributed by atoms with Gasteiger partial charge in [0.25, 0.3) is 0 Å². The van der Waals surface area contributed by atoms with Crippen molar-refractivity contribution in [2.45, 2.75) is 6.61 Å². The highest BCUT2D eigenvalue weighted by Crippen LogP contribution is 2.30. The molecule has 1 heterocycles. The zero-order valence-corrected chi connectivity index (χ0v) is 12.3. The minimum absolute atomic E-state index is 0.134. The molecule has 21 heavy (non-hydrogen) atoms. The third-order valence-electron chi connectivity index (χ3n) is 2.79. The molecule has 6 heteroatoms. The molecular weight excluding hydrogens is 292 g/mol. The molecule has 0 spiro atoms. The predicted octanol–water partition coefficient (Wildman–Crippen LogP) is 3.20. The van der Waals surface area contributed by atoms with Crippen molar-refractivity contribution in [3.05, 3.63) is 46.7 Å². The summed E-state index contributed by atoms with van der Waals surface area (Å²) in [5.41, 5.74) is 0.974. The zero-order chi connectivity index (χ0) is 15.2. The van der Waals surface area contributed by atoms with Crippen LogP contribution in [0.5, 0.6) is 17.2 Å². The molecule has 0 atom stereocenters. The summed E-state index contributed by atoms with van der Waals surface area (Å²) in [4.78, 5) is 4.21. The van der Waals surface area contributed by atoms with Crippen molar-refractivity contribution in [3.8, 4) is 23.3 Å². The van der Waals surface area contributed by atoms with Gasteiger partial charge in [0, 0.05) is 23.4 Å². The molecule has 0 N–H and O–H groups in total. The van der Waals surface area contributed by atoms with Gasteiger partial charge in [0.2, 0.25) is 0 Å². The first kappa shape index (κ1) is 14.9. The van der Waals surface area contributed by atoms with Crippen LogP contribution in [-0.2, 0) is 6.61 Å². The Morgan fingerprint density at radius 1 is 1.19 bits per heavy atom. The largest absolute Gasteiger partial charge is 0.493 e. The van der Waals surface area contributed by atoms with Crippen LogP contribution < -0.4 is 14.2 Å². The van der Waals surface area contributed by atoms with Gasteiger partial charge < -0.3 is 14.2 Å². The smallest absolute Gasteiger partial charge is 0.185 e. The van der Waals surface area contributed by atoms with Crippen LogP contribution >= 0.6 is 11.6 Å². The summed E-state index contributed by atoms with van der Waals surface area (Å²) in [7, 11) is 3.08. The highest BCUT2D eigenvalue weighted by Gasteiger charge is 2.13. The average Bonchev–Trinajstić information content (AvgIpc) is 2.52. The molecule has 108 valence electrons. The Morgan fingerprint density at radius 2 is 2.00 bits per heavy atom. The lowest BCUT2D eigenvalue weighted by molar-refractivity contribution is 0.284. The number of ether oxygens (including phenoxy) is 3. The molecule has 0 aliphatic rings. The Balaban J connectivity index is 2.25. The van der Waals surface area contributed by atoms with Gasteiger partial charge >= 0.3 is 0 Å². The number of nitriles is 1. The summed E-state index contributed by atoms with van der Waals surface area (Å²) in [6, 6.07) is 8.58. The number of methoxy groups -OCH3 is 2. The number of aromatic nitrogens is 1. The van der Waals surface area contributed by atoms with E-state index in [1.165, 1.54) is 7.11 Å². The van der Waals surface area contributed by atoms with Gasteiger partial charge in [-0.3, -0.25) is 4.98 Å². The summed E-state index contributed by atoms with van der Waals surface area (Å²) in [5.74, 6) is 1.47. The summed E-state index contributed by atoms with van der Waals surface area (Å²) in [6.07, 6.45) is 1.60. The van der Waals surface area contributed by atoms with Crippen LogP contribution in [0.25, 0.3) is 0 Å². The van der Waals surface area contributed by atoms with E-state index in [0.29, 0.717) is 33.5 Å². The number of rotatable bonds is 5. The van der Waals surface area contributed by atoms with Gasteiger partial charge in [-0.25, -0.2) is 0 Å². The minimum Gasteiger partial charge on any atom is -0.493 e. The normalized spacial score (nSPS) is 9.81. The molecule has 5 nitrogen and oxygen atoms in total. The van der Waals surface area contributed by atoms with E-state index in [2.05, 4.69) is 11.1 Å². The van der Waals surface area contributed by atoms with Crippen LogP contribution in [0.4, 0.5) is 0 Å². The first-order valence-corrected chi connectivity index (χ1v) is 6.45. The summed E-state index contributed by atoms with van der Waals surface area (Å²) in [6.45, 7) is 0.134. The Bertz CT molecular complexity index is 683. The summed E-state index contributed by atoms with van der Waals surface area (Å²) < 4.78 is 16.1. The predicted molar refractivity (Wildman–Crippen MR) is 77.8 cm³/mol. The van der Waals surface area contributed by atoms with E-state index in [-0.39, 0.29) is 6.61 Å². The van der Waals surface area contributed by atoms with Crippen LogP contribution in [0.15, 0.2) is 30.5 Å². The van der Waals surface area contributed by atoms with Crippen molar-refractivity contribution < 1.29 is 14.2 Å². The van der Waals surface area contributed by atoms with Gasteiger partial charge in [-0.2, -0.15) is 5.26 Å². The first-order chi connectivity index (χ1) is 10.2. The van der Waals surface area contributed by atoms with Crippen molar-refractivity contribution in [2.75, 3.05) is 14.2 Å². The van der Waals surface area contributed by atoms with E-state index < -0.39 is 0 Å². The minimum atomic E-state index is 0.134. The van der Waals surface area contributed by atoms with Crippen LogP contribution in [0.1, 0.15) is 11.3 Å². The van der Waals surface area contributed by atoms with Crippen molar-refractivity contribution in [1.82, 2.24) is 4.98 Å². The van der Waals surface area contributed by atoms with Crippen LogP contribution in [0.3, 0.4) is 0 Å². The maximum atomic E-state index is 9.06. The fraction of sp³-hybridized carbons (Fsp3) is 0.200. The summed E-state index contributed by atoms with van der Waals surface area (Å²) >= 11 is 5.91. The molecule has 0 aliphatic carbocycles. The van der Waals surface area contributed by atoms with Crippen molar-refractivity contribution >= 4 is 11.6 Å². The van der Waals surface area contributed by atoms with Gasteiger partial charge in [-0.05, 0) is 12.1 Å². The van der Waals surface area contributed by atoms with E-state index in [1.807, 2.05) is 0 Å². The van der Waals surface area contributed by atoms with E-state index >= 15 is 0 Å². The molecule has 0 aliphatic heterocycles. The number of hydrogen-bond acceptors (Lipinski definition) is 5. The Morgan fingerprint density at radius 3 is 2.67 bits per heavy atom. The van der Waals surface area contributed by atoms with E-state index in [4.69, 9.17) is 31.1 Å². The lowest BCUT2D eigenvalue weighted by Gasteiger charge is -2.13. The second kappa shape index (κ2) is 6.82. The lowest BCUT2D eigenvalue weighted by atomic mass is 10.2. The molecule has 2 rings (SSSR count). The molecule has 0 bridgehead atoms. The van der Waals surface area contributed by atoms with Gasteiger partial charge in [0.05, 0.1) is 19.8 Å². The highest BCUT2D eigenvalue weighted by atomic mass is 35.5. The van der Waals surface area contributed by atoms with Gasteiger partial charge in [0.1, 0.15) is 24.1 Å². The average molecular weight is 305 g/mol. The number of hydrogen-bond donors (Lipinski definition) is 0. The summed E-state index contributed by atoms with van der Waals surface area (Å²) in [5, 5.41) is 9.55. The third-order valence-corrected chi connectivity index (χ3v) is 3.03. The molecule has 1 aromatic heterocycles. The molecule has 0 saturated carbocycles. The van der Waals surface area contributed by atoms with E-state index in [9.17, 15) is 0 Å². The van der Waals surface area contributed by atoms with Crippen molar-refractivity contribution in [2.24, 2.45) is 0 Å². The second-order valence-electron chi connectivity index (χ2n) is 4.03. The maximum Gasteiger partial charge on any atom is 0.185 e. The fourth-order valence-electron chi connectivity index (χ4n) is 1.81. The molecule has 0 unspecified atom stereocenters. The highest BCUT2D eigenvalue weighted by molar-refractivity contribution is 6.30. The number of nitrogens with zero attached hydrogens (tertiary/aromatic N) is 2. The molecule has 0 radical (unpaired) electrons. The van der Waals surface area contributed by atoms with Crippen molar-refractivity contribution in [3.63, 3.8) is 0 Å². The Labute approximate surface area is 127 Å². The quantitative estimate of drug-likeness (QED) is 0.848. The van der Waals surface area contributed by atoms with Crippen LogP contribution in [0, 0.1) is 11.3 Å². The van der Waals surface area contributed by atoms with Crippen LogP contribution in [-0.4, -0.2) is 19.2 Å². The monoisotopic (exact) mass is 304 g/mol. The molecule has 1 aromatic carbocycles. The maximum absolute atomic E-state index is 9.06. The molecule has 2 aromatic rings. The molecular formula is C15H13ClN2O3. The topological polar surface area (TPSA) is 64.4 Å². The molecule has 0 saturated heterocycles. The first-order valence-electron chi connectivity index (χ1n) is 6.08. The van der Waals surface area contributed by atoms with Gasteiger partial charge in [0.15, 0.2) is 11.5 Å². The molecule has 0 fully saturated rings. The standard InChI is InChI=1S/C15H13ClN2O3/c1-19-13-5-6-18-12(15(13)20-2)9-21-14-7-11(16)4-3-10(14)8-17/h3-7H,9H2,1-2H3. The molecule has 0 amide bonds. The van der Waals surface area contributed by atoms with Crippen LogP contribution in [0.2, 0.25) is 5.02 Å². The van der Waals surface area contributed by atoms with Gasteiger partial charge in [-0.1, -0.05) is 11.6 Å². The lowest BCUT2D eigenvalue weighted by Crippen LogP contribution is -2.03. The Hall–Kier alpha value is -2.45. The number of benzene rings is 1. The van der Waals surface area contributed by atoms with E-state index in [0.717, 1.165) is 0 Å². The number of pyridine rings is 1. The SMILES string of the molecule is COc1ccnc(COc2cc(Cl)ccc2C#N)c1OC. The second-order valence-corrected chi connectivity index (χ2v) is 4.47. The zero-order valence-electron chi connectivity index (χ0n) is 11.6. The fourth-order valence-corrected chi connectivity index (χ4v) is 1.97. The third kappa shape index (κ3) is 3.36. The van der Waals surface area contributed by atoms with Crippen molar-refractivity contribution in [1.29, 1.82) is 5.26 Å².